The lowest BCUT2D eigenvalue weighted by atomic mass is 10.1. The van der Waals surface area contributed by atoms with Crippen molar-refractivity contribution in [3.05, 3.63) is 104 Å². The molecule has 0 aliphatic heterocycles. The van der Waals surface area contributed by atoms with Gasteiger partial charge in [0, 0.05) is 22.8 Å². The van der Waals surface area contributed by atoms with Crippen LogP contribution in [-0.4, -0.2) is 23.8 Å². The normalized spacial score (nSPS) is 11.0. The van der Waals surface area contributed by atoms with E-state index in [9.17, 15) is 19.7 Å². The minimum Gasteiger partial charge on any atom is -0.496 e. The Kier molecular flexibility index (Phi) is 7.65. The molecule has 0 bridgehead atoms. The Hall–Kier alpha value is -4.17. The zero-order chi connectivity index (χ0) is 24.8. The van der Waals surface area contributed by atoms with Crippen molar-refractivity contribution in [3.8, 4) is 5.75 Å². The van der Waals surface area contributed by atoms with Crippen LogP contribution >= 0.6 is 11.6 Å². The van der Waals surface area contributed by atoms with Crippen molar-refractivity contribution in [2.45, 2.75) is 13.8 Å². The number of hydrogen-bond acceptors (Lipinski definition) is 5. The van der Waals surface area contributed by atoms with E-state index >= 15 is 0 Å². The van der Waals surface area contributed by atoms with Gasteiger partial charge >= 0.3 is 0 Å². The minimum atomic E-state index is -0.633. The van der Waals surface area contributed by atoms with Crippen molar-refractivity contribution in [1.82, 2.24) is 5.32 Å². The van der Waals surface area contributed by atoms with E-state index in [2.05, 4.69) is 10.6 Å². The smallest absolute Gasteiger partial charge is 0.272 e. The average Bonchev–Trinajstić information content (AvgIpc) is 2.80. The van der Waals surface area contributed by atoms with Gasteiger partial charge in [-0.2, -0.15) is 0 Å². The molecule has 0 saturated carbocycles. The van der Waals surface area contributed by atoms with Crippen LogP contribution in [-0.2, 0) is 4.79 Å². The monoisotopic (exact) mass is 479 g/mol. The summed E-state index contributed by atoms with van der Waals surface area (Å²) < 4.78 is 5.23. The molecule has 3 aromatic rings. The first-order chi connectivity index (χ1) is 16.2. The van der Waals surface area contributed by atoms with Gasteiger partial charge in [0.1, 0.15) is 11.4 Å². The summed E-state index contributed by atoms with van der Waals surface area (Å²) in [7, 11) is 1.41. The Balaban J connectivity index is 2.00. The highest BCUT2D eigenvalue weighted by atomic mass is 35.5. The van der Waals surface area contributed by atoms with Crippen molar-refractivity contribution in [2.24, 2.45) is 0 Å². The number of hydrogen-bond donors (Lipinski definition) is 2. The highest BCUT2D eigenvalue weighted by Crippen LogP contribution is 2.24. The van der Waals surface area contributed by atoms with Crippen LogP contribution in [0.2, 0.25) is 5.02 Å². The largest absolute Gasteiger partial charge is 0.496 e. The zero-order valence-corrected chi connectivity index (χ0v) is 19.5. The summed E-state index contributed by atoms with van der Waals surface area (Å²) in [6.45, 7) is 3.78. The molecule has 2 amide bonds. The first-order valence-electron chi connectivity index (χ1n) is 10.2. The van der Waals surface area contributed by atoms with Crippen molar-refractivity contribution >= 4 is 40.9 Å². The molecule has 9 heteroatoms. The number of nitrogens with zero attached hydrogens (tertiary/aromatic N) is 1. The van der Waals surface area contributed by atoms with Crippen LogP contribution in [0.15, 0.2) is 66.4 Å². The van der Waals surface area contributed by atoms with E-state index < -0.39 is 16.7 Å². The summed E-state index contributed by atoms with van der Waals surface area (Å²) in [5.74, 6) is -0.967. The maximum absolute atomic E-state index is 13.2. The summed E-state index contributed by atoms with van der Waals surface area (Å²) >= 11 is 6.04. The molecule has 0 radical (unpaired) electrons. The van der Waals surface area contributed by atoms with E-state index in [1.165, 1.54) is 43.5 Å². The summed E-state index contributed by atoms with van der Waals surface area (Å²) in [6.07, 6.45) is 1.36. The fourth-order valence-corrected chi connectivity index (χ4v) is 3.42. The summed E-state index contributed by atoms with van der Waals surface area (Å²) in [5, 5.41) is 16.8. The topological polar surface area (TPSA) is 111 Å². The number of nitrogens with one attached hydrogen (secondary N) is 2. The number of anilines is 1. The molecular weight excluding hydrogens is 458 g/mol. The van der Waals surface area contributed by atoms with Crippen LogP contribution in [0.5, 0.6) is 5.75 Å². The fraction of sp³-hybridized carbons (Fsp3) is 0.120. The lowest BCUT2D eigenvalue weighted by Crippen LogP contribution is -2.31. The van der Waals surface area contributed by atoms with E-state index in [-0.39, 0.29) is 22.7 Å². The van der Waals surface area contributed by atoms with Crippen LogP contribution in [0, 0.1) is 24.0 Å². The van der Waals surface area contributed by atoms with Crippen molar-refractivity contribution < 1.29 is 19.2 Å². The summed E-state index contributed by atoms with van der Waals surface area (Å²) in [5.41, 5.74) is 2.65. The molecule has 0 atom stereocenters. The first kappa shape index (κ1) is 24.5. The van der Waals surface area contributed by atoms with Crippen LogP contribution in [0.3, 0.4) is 0 Å². The number of benzene rings is 3. The van der Waals surface area contributed by atoms with Gasteiger partial charge in [0.15, 0.2) is 0 Å². The molecule has 174 valence electrons. The third kappa shape index (κ3) is 5.99. The molecule has 0 aliphatic rings. The van der Waals surface area contributed by atoms with E-state index in [0.717, 1.165) is 11.1 Å². The van der Waals surface area contributed by atoms with Crippen molar-refractivity contribution in [1.29, 1.82) is 0 Å². The van der Waals surface area contributed by atoms with Gasteiger partial charge in [-0.3, -0.25) is 19.7 Å². The predicted octanol–water partition coefficient (Wildman–Crippen LogP) is 5.28. The maximum atomic E-state index is 13.2. The third-order valence-electron chi connectivity index (χ3n) is 4.92. The predicted molar refractivity (Wildman–Crippen MR) is 131 cm³/mol. The Labute approximate surface area is 201 Å². The van der Waals surface area contributed by atoms with Crippen LogP contribution < -0.4 is 15.4 Å². The lowest BCUT2D eigenvalue weighted by molar-refractivity contribution is -0.384. The number of carbonyl (C=O) groups is 2. The molecule has 3 aromatic carbocycles. The molecule has 0 heterocycles. The van der Waals surface area contributed by atoms with Gasteiger partial charge in [0.25, 0.3) is 17.5 Å². The first-order valence-corrected chi connectivity index (χ1v) is 10.6. The molecule has 0 saturated heterocycles. The number of methoxy groups -OCH3 is 1. The number of halogens is 1. The fourth-order valence-electron chi connectivity index (χ4n) is 3.24. The van der Waals surface area contributed by atoms with Gasteiger partial charge in [0.05, 0.1) is 17.6 Å². The minimum absolute atomic E-state index is 0.118. The van der Waals surface area contributed by atoms with Crippen LogP contribution in [0.25, 0.3) is 6.08 Å². The van der Waals surface area contributed by atoms with Crippen molar-refractivity contribution in [3.63, 3.8) is 0 Å². The molecule has 0 spiro atoms. The standard InChI is InChI=1S/C25H22ClN3O5/c1-15-7-9-21(16(2)11-15)27-25(31)22(13-17-5-4-6-19(12-17)29(32)33)28-24(30)20-14-18(26)8-10-23(20)34-3/h4-14H,1-3H3,(H,27,31)(H,28,30)/b22-13-. The molecule has 0 fully saturated rings. The molecule has 8 nitrogen and oxygen atoms in total. The second-order valence-electron chi connectivity index (χ2n) is 7.48. The van der Waals surface area contributed by atoms with Gasteiger partial charge < -0.3 is 15.4 Å². The Morgan fingerprint density at radius 3 is 2.50 bits per heavy atom. The number of non-ortho nitro benzene ring substituents is 1. The Morgan fingerprint density at radius 1 is 1.06 bits per heavy atom. The van der Waals surface area contributed by atoms with Gasteiger partial charge in [-0.25, -0.2) is 0 Å². The van der Waals surface area contributed by atoms with Crippen LogP contribution in [0.4, 0.5) is 11.4 Å². The molecule has 2 N–H and O–H groups in total. The van der Waals surface area contributed by atoms with Crippen molar-refractivity contribution in [2.75, 3.05) is 12.4 Å². The third-order valence-corrected chi connectivity index (χ3v) is 5.16. The number of carbonyl (C=O) groups excluding carboxylic acids is 2. The lowest BCUT2D eigenvalue weighted by Gasteiger charge is -2.14. The highest BCUT2D eigenvalue weighted by Gasteiger charge is 2.19. The number of nitro groups is 1. The second kappa shape index (κ2) is 10.6. The SMILES string of the molecule is COc1ccc(Cl)cc1C(=O)N/C(=C\c1cccc([N+](=O)[O-])c1)C(=O)Nc1ccc(C)cc1C. The number of amides is 2. The Bertz CT molecular complexity index is 1300. The summed E-state index contributed by atoms with van der Waals surface area (Å²) in [6, 6.07) is 15.8. The van der Waals surface area contributed by atoms with E-state index in [4.69, 9.17) is 16.3 Å². The van der Waals surface area contributed by atoms with E-state index in [1.54, 1.807) is 18.2 Å². The highest BCUT2D eigenvalue weighted by molar-refractivity contribution is 6.31. The van der Waals surface area contributed by atoms with Gasteiger partial charge in [-0.05, 0) is 55.3 Å². The van der Waals surface area contributed by atoms with Gasteiger partial charge in [0.2, 0.25) is 0 Å². The number of ether oxygens (including phenoxy) is 1. The van der Waals surface area contributed by atoms with Gasteiger partial charge in [-0.1, -0.05) is 41.4 Å². The molecule has 34 heavy (non-hydrogen) atoms. The number of rotatable bonds is 7. The Morgan fingerprint density at radius 2 is 1.82 bits per heavy atom. The molecule has 3 rings (SSSR count). The number of nitro benzene ring substituents is 1. The summed E-state index contributed by atoms with van der Waals surface area (Å²) in [4.78, 5) is 36.8. The molecule has 0 aliphatic carbocycles. The average molecular weight is 480 g/mol. The van der Waals surface area contributed by atoms with Crippen LogP contribution in [0.1, 0.15) is 27.0 Å². The maximum Gasteiger partial charge on any atom is 0.272 e. The zero-order valence-electron chi connectivity index (χ0n) is 18.7. The van der Waals surface area contributed by atoms with E-state index in [1.807, 2.05) is 26.0 Å². The number of aryl methyl sites for hydroxylation is 2. The quantitative estimate of drug-likeness (QED) is 0.272. The van der Waals surface area contributed by atoms with E-state index in [0.29, 0.717) is 16.3 Å². The second-order valence-corrected chi connectivity index (χ2v) is 7.92. The molecular formula is C25H22ClN3O5. The molecule has 0 unspecified atom stereocenters. The molecule has 0 aromatic heterocycles. The van der Waals surface area contributed by atoms with Gasteiger partial charge in [-0.15, -0.1) is 0 Å².